The summed E-state index contributed by atoms with van der Waals surface area (Å²) in [7, 11) is -3.23. The van der Waals surface area contributed by atoms with E-state index in [2.05, 4.69) is 15.3 Å². The number of nitrogens with zero attached hydrogens (tertiary/aromatic N) is 1. The molecule has 2 N–H and O–H groups in total. The summed E-state index contributed by atoms with van der Waals surface area (Å²) in [5.74, 6) is 0.625. The number of aromatic amines is 1. The highest BCUT2D eigenvalue weighted by atomic mass is 32.2. The van der Waals surface area contributed by atoms with Crippen molar-refractivity contribution >= 4 is 26.8 Å². The number of anilines is 1. The molecule has 0 fully saturated rings. The van der Waals surface area contributed by atoms with Gasteiger partial charge >= 0.3 is 0 Å². The maximum atomic E-state index is 11.8. The Morgan fingerprint density at radius 2 is 1.81 bits per heavy atom. The summed E-state index contributed by atoms with van der Waals surface area (Å²) in [6, 6.07) is 14.7. The Labute approximate surface area is 123 Å². The molecule has 108 valence electrons. The largest absolute Gasteiger partial charge is 0.352 e. The van der Waals surface area contributed by atoms with Gasteiger partial charge in [0, 0.05) is 12.8 Å². The third-order valence-corrected chi connectivity index (χ3v) is 4.40. The zero-order chi connectivity index (χ0) is 14.9. The van der Waals surface area contributed by atoms with E-state index in [1.807, 2.05) is 30.3 Å². The number of nitrogens with one attached hydrogen (secondary N) is 2. The van der Waals surface area contributed by atoms with Gasteiger partial charge in [0.05, 0.1) is 15.9 Å². The molecule has 3 rings (SSSR count). The zero-order valence-corrected chi connectivity index (χ0v) is 12.3. The maximum absolute atomic E-state index is 11.8. The van der Waals surface area contributed by atoms with Crippen LogP contribution in [0.3, 0.4) is 0 Å². The predicted molar refractivity (Wildman–Crippen MR) is 83.0 cm³/mol. The van der Waals surface area contributed by atoms with E-state index in [9.17, 15) is 8.42 Å². The van der Waals surface area contributed by atoms with Crippen LogP contribution in [0.1, 0.15) is 5.56 Å². The molecule has 0 bridgehead atoms. The Morgan fingerprint density at radius 1 is 1.10 bits per heavy atom. The molecule has 1 aromatic heterocycles. The predicted octanol–water partition coefficient (Wildman–Crippen LogP) is 2.58. The summed E-state index contributed by atoms with van der Waals surface area (Å²) in [4.78, 5) is 7.90. The molecule has 0 aliphatic rings. The normalized spacial score (nSPS) is 11.7. The number of benzene rings is 2. The Morgan fingerprint density at radius 3 is 2.57 bits per heavy atom. The standard InChI is InChI=1S/C15H15N3O2S/c1-21(19,20)14-9-5-2-6-11(14)10-16-15-17-12-7-3-4-8-13(12)18-15/h2-9H,10H2,1H3,(H2,16,17,18). The average Bonchev–Trinajstić information content (AvgIpc) is 2.87. The monoisotopic (exact) mass is 301 g/mol. The highest BCUT2D eigenvalue weighted by Crippen LogP contribution is 2.18. The van der Waals surface area contributed by atoms with Crippen LogP contribution in [0.15, 0.2) is 53.4 Å². The van der Waals surface area contributed by atoms with Gasteiger partial charge in [-0.25, -0.2) is 13.4 Å². The van der Waals surface area contributed by atoms with Crippen molar-refractivity contribution in [3.8, 4) is 0 Å². The molecule has 0 spiro atoms. The molecule has 0 radical (unpaired) electrons. The number of H-pyrrole nitrogens is 1. The second kappa shape index (κ2) is 5.21. The Hall–Kier alpha value is -2.34. The summed E-state index contributed by atoms with van der Waals surface area (Å²) in [5, 5.41) is 3.13. The number of para-hydroxylation sites is 2. The lowest BCUT2D eigenvalue weighted by atomic mass is 10.2. The minimum Gasteiger partial charge on any atom is -0.352 e. The molecule has 0 aliphatic carbocycles. The van der Waals surface area contributed by atoms with E-state index in [1.165, 1.54) is 6.26 Å². The van der Waals surface area contributed by atoms with Crippen LogP contribution in [0.4, 0.5) is 5.95 Å². The van der Waals surface area contributed by atoms with Gasteiger partial charge in [-0.05, 0) is 23.8 Å². The molecule has 0 aliphatic heterocycles. The van der Waals surface area contributed by atoms with Crippen LogP contribution in [0.25, 0.3) is 11.0 Å². The third-order valence-electron chi connectivity index (χ3n) is 3.21. The van der Waals surface area contributed by atoms with Crippen molar-refractivity contribution in [2.45, 2.75) is 11.4 Å². The first-order valence-electron chi connectivity index (χ1n) is 6.50. The van der Waals surface area contributed by atoms with Crippen molar-refractivity contribution < 1.29 is 8.42 Å². The number of aromatic nitrogens is 2. The number of fused-ring (bicyclic) bond motifs is 1. The molecule has 6 heteroatoms. The van der Waals surface area contributed by atoms with Crippen molar-refractivity contribution in [2.24, 2.45) is 0 Å². The summed E-state index contributed by atoms with van der Waals surface area (Å²) >= 11 is 0. The van der Waals surface area contributed by atoms with E-state index < -0.39 is 9.84 Å². The second-order valence-corrected chi connectivity index (χ2v) is 6.82. The fraction of sp³-hybridized carbons (Fsp3) is 0.133. The molecule has 0 atom stereocenters. The van der Waals surface area contributed by atoms with E-state index in [0.29, 0.717) is 17.4 Å². The topological polar surface area (TPSA) is 74.8 Å². The van der Waals surface area contributed by atoms with Crippen molar-refractivity contribution in [1.82, 2.24) is 9.97 Å². The molecule has 0 saturated carbocycles. The number of hydrogen-bond acceptors (Lipinski definition) is 4. The van der Waals surface area contributed by atoms with Crippen LogP contribution in [0.5, 0.6) is 0 Å². The van der Waals surface area contributed by atoms with E-state index >= 15 is 0 Å². The minimum absolute atomic E-state index is 0.341. The smallest absolute Gasteiger partial charge is 0.201 e. The molecule has 0 amide bonds. The minimum atomic E-state index is -3.23. The number of rotatable bonds is 4. The summed E-state index contributed by atoms with van der Waals surface area (Å²) in [5.41, 5.74) is 2.54. The molecule has 1 heterocycles. The van der Waals surface area contributed by atoms with Crippen molar-refractivity contribution in [1.29, 1.82) is 0 Å². The average molecular weight is 301 g/mol. The van der Waals surface area contributed by atoms with Gasteiger partial charge in [-0.3, -0.25) is 0 Å². The first-order valence-corrected chi connectivity index (χ1v) is 8.40. The zero-order valence-electron chi connectivity index (χ0n) is 11.5. The molecule has 3 aromatic rings. The number of imidazole rings is 1. The van der Waals surface area contributed by atoms with Crippen LogP contribution >= 0.6 is 0 Å². The first kappa shape index (κ1) is 13.6. The second-order valence-electron chi connectivity index (χ2n) is 4.84. The van der Waals surface area contributed by atoms with Crippen molar-refractivity contribution in [2.75, 3.05) is 11.6 Å². The quantitative estimate of drug-likeness (QED) is 0.776. The highest BCUT2D eigenvalue weighted by Gasteiger charge is 2.12. The number of sulfone groups is 1. The van der Waals surface area contributed by atoms with E-state index in [0.717, 1.165) is 16.6 Å². The van der Waals surface area contributed by atoms with Gasteiger partial charge in [-0.15, -0.1) is 0 Å². The Balaban J connectivity index is 1.85. The molecule has 21 heavy (non-hydrogen) atoms. The lowest BCUT2D eigenvalue weighted by Crippen LogP contribution is -2.07. The molecule has 2 aromatic carbocycles. The molecular formula is C15H15N3O2S. The van der Waals surface area contributed by atoms with Gasteiger partial charge in [0.25, 0.3) is 0 Å². The fourth-order valence-corrected chi connectivity index (χ4v) is 3.17. The van der Waals surface area contributed by atoms with Crippen LogP contribution in [-0.2, 0) is 16.4 Å². The lowest BCUT2D eigenvalue weighted by Gasteiger charge is -2.08. The van der Waals surface area contributed by atoms with Crippen LogP contribution in [0.2, 0.25) is 0 Å². The highest BCUT2D eigenvalue weighted by molar-refractivity contribution is 7.90. The first-order chi connectivity index (χ1) is 10.0. The maximum Gasteiger partial charge on any atom is 0.201 e. The van der Waals surface area contributed by atoms with Crippen LogP contribution in [-0.4, -0.2) is 24.6 Å². The van der Waals surface area contributed by atoms with Crippen LogP contribution < -0.4 is 5.32 Å². The Bertz CT molecular complexity index is 852. The van der Waals surface area contributed by atoms with Crippen molar-refractivity contribution in [3.05, 3.63) is 54.1 Å². The number of hydrogen-bond donors (Lipinski definition) is 2. The van der Waals surface area contributed by atoms with Gasteiger partial charge in [0.15, 0.2) is 9.84 Å². The van der Waals surface area contributed by atoms with Gasteiger partial charge in [-0.1, -0.05) is 30.3 Å². The summed E-state index contributed by atoms with van der Waals surface area (Å²) in [6.07, 6.45) is 1.22. The SMILES string of the molecule is CS(=O)(=O)c1ccccc1CNc1nc2ccccc2[nH]1. The van der Waals surface area contributed by atoms with Crippen molar-refractivity contribution in [3.63, 3.8) is 0 Å². The Kier molecular flexibility index (Phi) is 3.39. The molecule has 0 saturated heterocycles. The van der Waals surface area contributed by atoms with E-state index in [4.69, 9.17) is 0 Å². The van der Waals surface area contributed by atoms with Gasteiger partial charge < -0.3 is 10.3 Å². The van der Waals surface area contributed by atoms with E-state index in [-0.39, 0.29) is 0 Å². The molecule has 5 nitrogen and oxygen atoms in total. The van der Waals surface area contributed by atoms with Gasteiger partial charge in [-0.2, -0.15) is 0 Å². The molecule has 0 unspecified atom stereocenters. The molecular weight excluding hydrogens is 286 g/mol. The van der Waals surface area contributed by atoms with Crippen LogP contribution in [0, 0.1) is 0 Å². The lowest BCUT2D eigenvalue weighted by molar-refractivity contribution is 0.601. The fourth-order valence-electron chi connectivity index (χ4n) is 2.23. The van der Waals surface area contributed by atoms with Gasteiger partial charge in [0.1, 0.15) is 0 Å². The summed E-state index contributed by atoms with van der Waals surface area (Å²) < 4.78 is 23.5. The summed E-state index contributed by atoms with van der Waals surface area (Å²) in [6.45, 7) is 0.392. The van der Waals surface area contributed by atoms with Gasteiger partial charge in [0.2, 0.25) is 5.95 Å². The van der Waals surface area contributed by atoms with E-state index in [1.54, 1.807) is 18.2 Å². The third kappa shape index (κ3) is 2.90.